The number of hydrogen-bond donors (Lipinski definition) is 3. The Kier molecular flexibility index (Phi) is 9.41. The van der Waals surface area contributed by atoms with Gasteiger partial charge in [-0.1, -0.05) is 6.07 Å². The molecular formula is C19H28N6O2. The number of guanidine groups is 1. The van der Waals surface area contributed by atoms with Crippen LogP contribution in [0.25, 0.3) is 0 Å². The average Bonchev–Trinajstić information content (AvgIpc) is 3.19. The van der Waals surface area contributed by atoms with Gasteiger partial charge in [-0.15, -0.1) is 0 Å². The van der Waals surface area contributed by atoms with Crippen molar-refractivity contribution >= 4 is 12.1 Å². The molecule has 0 fully saturated rings. The molecule has 0 atom stereocenters. The van der Waals surface area contributed by atoms with E-state index in [4.69, 9.17) is 4.74 Å². The Morgan fingerprint density at radius 1 is 1.19 bits per heavy atom. The van der Waals surface area contributed by atoms with Crippen molar-refractivity contribution in [3.8, 4) is 0 Å². The van der Waals surface area contributed by atoms with E-state index >= 15 is 0 Å². The monoisotopic (exact) mass is 372 g/mol. The Bertz CT molecular complexity index is 673. The van der Waals surface area contributed by atoms with Crippen LogP contribution in [0.2, 0.25) is 0 Å². The number of hydrogen-bond acceptors (Lipinski definition) is 5. The van der Waals surface area contributed by atoms with Crippen molar-refractivity contribution in [2.45, 2.75) is 39.0 Å². The minimum Gasteiger partial charge on any atom is -0.450 e. The number of nitrogens with zero attached hydrogens (tertiary/aromatic N) is 3. The summed E-state index contributed by atoms with van der Waals surface area (Å²) in [5.74, 6) is 0.452. The van der Waals surface area contributed by atoms with Crippen LogP contribution in [0.4, 0.5) is 4.79 Å². The predicted octanol–water partition coefficient (Wildman–Crippen LogP) is 2.45. The number of nitrogens with one attached hydrogen (secondary N) is 3. The van der Waals surface area contributed by atoms with Gasteiger partial charge in [0.05, 0.1) is 18.6 Å². The highest BCUT2D eigenvalue weighted by molar-refractivity contribution is 5.93. The zero-order valence-corrected chi connectivity index (χ0v) is 15.8. The number of unbranched alkanes of at least 4 members (excludes halogenated alkanes) is 1. The van der Waals surface area contributed by atoms with Crippen molar-refractivity contribution < 1.29 is 9.53 Å². The van der Waals surface area contributed by atoms with Gasteiger partial charge in [-0.3, -0.25) is 15.3 Å². The summed E-state index contributed by atoms with van der Waals surface area (Å²) in [6.45, 7) is 3.40. The zero-order valence-electron chi connectivity index (χ0n) is 15.8. The Labute approximate surface area is 159 Å². The van der Waals surface area contributed by atoms with Gasteiger partial charge in [0.15, 0.2) is 0 Å². The molecule has 2 aromatic heterocycles. The van der Waals surface area contributed by atoms with Gasteiger partial charge < -0.3 is 15.0 Å². The van der Waals surface area contributed by atoms with Crippen LogP contribution in [-0.2, 0) is 17.6 Å². The molecule has 0 saturated carbocycles. The summed E-state index contributed by atoms with van der Waals surface area (Å²) in [6.07, 6.45) is 9.43. The van der Waals surface area contributed by atoms with Gasteiger partial charge >= 0.3 is 6.09 Å². The normalized spacial score (nSPS) is 11.2. The van der Waals surface area contributed by atoms with Crippen LogP contribution < -0.4 is 10.6 Å². The van der Waals surface area contributed by atoms with Crippen molar-refractivity contribution in [1.29, 1.82) is 0 Å². The van der Waals surface area contributed by atoms with E-state index in [0.717, 1.165) is 43.5 Å². The van der Waals surface area contributed by atoms with Crippen molar-refractivity contribution in [3.63, 3.8) is 0 Å². The number of carbonyl (C=O) groups is 1. The molecule has 0 aliphatic heterocycles. The third-order valence-electron chi connectivity index (χ3n) is 3.79. The maximum absolute atomic E-state index is 11.7. The van der Waals surface area contributed by atoms with E-state index in [1.54, 1.807) is 13.3 Å². The highest BCUT2D eigenvalue weighted by Gasteiger charge is 2.06. The third-order valence-corrected chi connectivity index (χ3v) is 3.79. The minimum atomic E-state index is -0.496. The van der Waals surface area contributed by atoms with E-state index < -0.39 is 6.09 Å². The molecule has 3 N–H and O–H groups in total. The maximum Gasteiger partial charge on any atom is 0.413 e. The quantitative estimate of drug-likeness (QED) is 0.338. The lowest BCUT2D eigenvalue weighted by molar-refractivity contribution is 0.157. The fraction of sp³-hybridized carbons (Fsp3) is 0.474. The van der Waals surface area contributed by atoms with Gasteiger partial charge in [0.2, 0.25) is 5.96 Å². The predicted molar refractivity (Wildman–Crippen MR) is 105 cm³/mol. The standard InChI is InChI=1S/C19H28N6O2/c1-2-27-19(26)25-18(23-13-7-10-17-14-20-15-24-17)22-12-6-4-9-16-8-3-5-11-21-16/h3,5,8,11,14-15H,2,4,6-7,9-10,12-13H2,1H3,(H,20,24)(H2,22,23,25,26). The summed E-state index contributed by atoms with van der Waals surface area (Å²) in [6, 6.07) is 5.94. The second kappa shape index (κ2) is 12.5. The smallest absolute Gasteiger partial charge is 0.413 e. The van der Waals surface area contributed by atoms with Crippen LogP contribution in [0.5, 0.6) is 0 Å². The fourth-order valence-corrected chi connectivity index (χ4v) is 2.46. The van der Waals surface area contributed by atoms with E-state index in [1.165, 1.54) is 0 Å². The lowest BCUT2D eigenvalue weighted by Gasteiger charge is -2.11. The first kappa shape index (κ1) is 20.4. The molecule has 146 valence electrons. The van der Waals surface area contributed by atoms with Crippen LogP contribution in [0, 0.1) is 0 Å². The van der Waals surface area contributed by atoms with Gasteiger partial charge in [0.25, 0.3) is 0 Å². The molecule has 27 heavy (non-hydrogen) atoms. The van der Waals surface area contributed by atoms with E-state index in [1.807, 2.05) is 30.6 Å². The van der Waals surface area contributed by atoms with Crippen LogP contribution in [-0.4, -0.2) is 46.7 Å². The molecule has 0 aliphatic carbocycles. The Morgan fingerprint density at radius 3 is 2.81 bits per heavy atom. The molecule has 2 aromatic rings. The first-order chi connectivity index (χ1) is 13.3. The number of rotatable bonds is 10. The van der Waals surface area contributed by atoms with E-state index in [2.05, 4.69) is 30.6 Å². The topological polar surface area (TPSA) is 104 Å². The highest BCUT2D eigenvalue weighted by atomic mass is 16.5. The van der Waals surface area contributed by atoms with Gasteiger partial charge in [-0.25, -0.2) is 9.78 Å². The number of pyridine rings is 1. The lowest BCUT2D eigenvalue weighted by atomic mass is 10.2. The van der Waals surface area contributed by atoms with E-state index in [-0.39, 0.29) is 0 Å². The van der Waals surface area contributed by atoms with Crippen LogP contribution in [0.15, 0.2) is 41.9 Å². The van der Waals surface area contributed by atoms with Gasteiger partial charge in [0.1, 0.15) is 0 Å². The van der Waals surface area contributed by atoms with Crippen molar-refractivity contribution in [1.82, 2.24) is 25.6 Å². The fourth-order valence-electron chi connectivity index (χ4n) is 2.46. The molecule has 0 aromatic carbocycles. The number of aromatic amines is 1. The first-order valence-corrected chi connectivity index (χ1v) is 9.37. The number of alkyl carbamates (subject to hydrolysis) is 1. The van der Waals surface area contributed by atoms with E-state index in [0.29, 0.717) is 25.7 Å². The number of H-pyrrole nitrogens is 1. The second-order valence-corrected chi connectivity index (χ2v) is 5.94. The highest BCUT2D eigenvalue weighted by Crippen LogP contribution is 2.01. The Hall–Kier alpha value is -2.90. The molecule has 0 bridgehead atoms. The summed E-state index contributed by atoms with van der Waals surface area (Å²) >= 11 is 0. The number of aromatic nitrogens is 3. The largest absolute Gasteiger partial charge is 0.450 e. The van der Waals surface area contributed by atoms with E-state index in [9.17, 15) is 4.79 Å². The summed E-state index contributed by atoms with van der Waals surface area (Å²) in [5, 5.41) is 5.83. The third kappa shape index (κ3) is 8.84. The first-order valence-electron chi connectivity index (χ1n) is 9.37. The second-order valence-electron chi connectivity index (χ2n) is 5.94. The number of amides is 1. The minimum absolute atomic E-state index is 0.322. The van der Waals surface area contributed by atoms with Crippen molar-refractivity contribution in [2.24, 2.45) is 4.99 Å². The molecule has 0 saturated heterocycles. The molecule has 0 aliphatic rings. The van der Waals surface area contributed by atoms with Gasteiger partial charge in [-0.05, 0) is 51.2 Å². The molecular weight excluding hydrogens is 344 g/mol. The molecule has 8 heteroatoms. The summed E-state index contributed by atoms with van der Waals surface area (Å²) < 4.78 is 4.93. The van der Waals surface area contributed by atoms with Crippen LogP contribution >= 0.6 is 0 Å². The van der Waals surface area contributed by atoms with Crippen LogP contribution in [0.3, 0.4) is 0 Å². The summed E-state index contributed by atoms with van der Waals surface area (Å²) in [4.78, 5) is 27.6. The van der Waals surface area contributed by atoms with Gasteiger partial charge in [0, 0.05) is 31.2 Å². The average molecular weight is 372 g/mol. The number of imidazole rings is 1. The summed E-state index contributed by atoms with van der Waals surface area (Å²) in [7, 11) is 0. The van der Waals surface area contributed by atoms with Crippen molar-refractivity contribution in [2.75, 3.05) is 19.7 Å². The Morgan fingerprint density at radius 2 is 2.07 bits per heavy atom. The number of ether oxygens (including phenoxy) is 1. The van der Waals surface area contributed by atoms with Crippen LogP contribution in [0.1, 0.15) is 37.6 Å². The van der Waals surface area contributed by atoms with Crippen molar-refractivity contribution in [3.05, 3.63) is 48.3 Å². The molecule has 0 unspecified atom stereocenters. The molecule has 2 heterocycles. The van der Waals surface area contributed by atoms with Gasteiger partial charge in [-0.2, -0.15) is 0 Å². The number of carbonyl (C=O) groups excluding carboxylic acids is 1. The SMILES string of the molecule is CCOC(=O)NC(=NCCCCc1ccccn1)NCCCc1c[nH]cn1. The summed E-state index contributed by atoms with van der Waals surface area (Å²) in [5.41, 5.74) is 2.10. The molecule has 2 rings (SSSR count). The maximum atomic E-state index is 11.7. The lowest BCUT2D eigenvalue weighted by Crippen LogP contribution is -2.42. The molecule has 1 amide bonds. The molecule has 8 nitrogen and oxygen atoms in total. The zero-order chi connectivity index (χ0) is 19.2. The number of aryl methyl sites for hydroxylation is 2. The molecule has 0 spiro atoms. The molecule has 0 radical (unpaired) electrons. The Balaban J connectivity index is 1.71. The number of aliphatic imine (C=N–C) groups is 1.